The van der Waals surface area contributed by atoms with Gasteiger partial charge in [0.05, 0.1) is 12.0 Å². The Morgan fingerprint density at radius 2 is 1.61 bits per heavy atom. The highest BCUT2D eigenvalue weighted by Gasteiger charge is 2.02. The van der Waals surface area contributed by atoms with Crippen LogP contribution < -0.4 is 0 Å². The topological polar surface area (TPSA) is 17.8 Å². The fourth-order valence-electron chi connectivity index (χ4n) is 1.94. The summed E-state index contributed by atoms with van der Waals surface area (Å²) in [6.07, 6.45) is 3.91. The molecule has 0 amide bonds. The molecule has 2 nitrogen and oxygen atoms in total. The first-order chi connectivity index (χ1) is 8.83. The smallest absolute Gasteiger partial charge is 0.0999 e. The second-order valence-electron chi connectivity index (χ2n) is 4.37. The molecule has 0 aliphatic rings. The third-order valence-electron chi connectivity index (χ3n) is 2.98. The molecule has 1 aromatic heterocycles. The highest BCUT2D eigenvalue weighted by Crippen LogP contribution is 2.18. The van der Waals surface area contributed by atoms with E-state index in [0.29, 0.717) is 0 Å². The van der Waals surface area contributed by atoms with E-state index >= 15 is 0 Å². The molecule has 0 fully saturated rings. The van der Waals surface area contributed by atoms with Gasteiger partial charge in [-0.25, -0.2) is 4.98 Å². The summed E-state index contributed by atoms with van der Waals surface area (Å²) in [5.41, 5.74) is 4.54. The van der Waals surface area contributed by atoms with Crippen molar-refractivity contribution in [1.29, 1.82) is 0 Å². The Morgan fingerprint density at radius 3 is 2.33 bits per heavy atom. The van der Waals surface area contributed by atoms with Crippen molar-refractivity contribution in [3.8, 4) is 16.9 Å². The molecule has 0 aliphatic carbocycles. The predicted molar refractivity (Wildman–Crippen MR) is 73.7 cm³/mol. The summed E-state index contributed by atoms with van der Waals surface area (Å²) in [6.45, 7) is 2.09. The lowest BCUT2D eigenvalue weighted by molar-refractivity contribution is 1.06. The molecule has 0 N–H and O–H groups in total. The van der Waals surface area contributed by atoms with Crippen molar-refractivity contribution in [3.63, 3.8) is 0 Å². The van der Waals surface area contributed by atoms with Gasteiger partial charge in [0, 0.05) is 17.4 Å². The molecule has 0 unspecified atom stereocenters. The molecule has 3 aromatic rings. The van der Waals surface area contributed by atoms with Crippen molar-refractivity contribution in [2.75, 3.05) is 0 Å². The van der Waals surface area contributed by atoms with Gasteiger partial charge in [-0.1, -0.05) is 48.0 Å². The van der Waals surface area contributed by atoms with Crippen LogP contribution in [0.3, 0.4) is 0 Å². The van der Waals surface area contributed by atoms with E-state index < -0.39 is 0 Å². The third-order valence-corrected chi connectivity index (χ3v) is 2.98. The summed E-state index contributed by atoms with van der Waals surface area (Å²) in [5.74, 6) is 0. The molecular formula is C16H14N2. The average Bonchev–Trinajstić information content (AvgIpc) is 2.90. The molecule has 1 heterocycles. The van der Waals surface area contributed by atoms with E-state index in [9.17, 15) is 0 Å². The number of imidazole rings is 1. The van der Waals surface area contributed by atoms with E-state index in [1.807, 2.05) is 29.1 Å². The van der Waals surface area contributed by atoms with Crippen LogP contribution in [0.5, 0.6) is 0 Å². The first-order valence-corrected chi connectivity index (χ1v) is 5.99. The van der Waals surface area contributed by atoms with Gasteiger partial charge < -0.3 is 4.57 Å². The van der Waals surface area contributed by atoms with Crippen LogP contribution >= 0.6 is 0 Å². The summed E-state index contributed by atoms with van der Waals surface area (Å²) < 4.78 is 2.04. The maximum absolute atomic E-state index is 4.45. The van der Waals surface area contributed by atoms with Crippen molar-refractivity contribution in [2.24, 2.45) is 0 Å². The molecule has 2 aromatic carbocycles. The SMILES string of the molecule is Cc1ccc(-n2cnc(-c3ccccc3)c2)cc1. The molecule has 18 heavy (non-hydrogen) atoms. The largest absolute Gasteiger partial charge is 0.306 e. The fraction of sp³-hybridized carbons (Fsp3) is 0.0625. The van der Waals surface area contributed by atoms with Gasteiger partial charge in [-0.2, -0.15) is 0 Å². The highest BCUT2D eigenvalue weighted by molar-refractivity contribution is 5.58. The van der Waals surface area contributed by atoms with E-state index in [0.717, 1.165) is 16.9 Å². The van der Waals surface area contributed by atoms with Crippen LogP contribution in [0.25, 0.3) is 16.9 Å². The molecule has 0 atom stereocenters. The van der Waals surface area contributed by atoms with Gasteiger partial charge in [0.15, 0.2) is 0 Å². The zero-order chi connectivity index (χ0) is 12.4. The average molecular weight is 234 g/mol. The second kappa shape index (κ2) is 4.49. The normalized spacial score (nSPS) is 10.5. The minimum Gasteiger partial charge on any atom is -0.306 e. The Morgan fingerprint density at radius 1 is 0.889 bits per heavy atom. The Bertz CT molecular complexity index is 636. The number of nitrogens with zero attached hydrogens (tertiary/aromatic N) is 2. The standard InChI is InChI=1S/C16H14N2/c1-13-7-9-15(10-8-13)18-11-16(17-12-18)14-5-3-2-4-6-14/h2-12H,1H3. The predicted octanol–water partition coefficient (Wildman–Crippen LogP) is 3.85. The minimum atomic E-state index is 0.996. The summed E-state index contributed by atoms with van der Waals surface area (Å²) in [4.78, 5) is 4.45. The molecule has 0 radical (unpaired) electrons. The minimum absolute atomic E-state index is 0.996. The molecule has 2 heteroatoms. The van der Waals surface area contributed by atoms with Crippen LogP contribution in [-0.2, 0) is 0 Å². The first kappa shape index (κ1) is 10.8. The van der Waals surface area contributed by atoms with E-state index in [1.54, 1.807) is 0 Å². The molecule has 0 aliphatic heterocycles. The summed E-state index contributed by atoms with van der Waals surface area (Å²) >= 11 is 0. The van der Waals surface area contributed by atoms with Crippen LogP contribution in [0.2, 0.25) is 0 Å². The van der Waals surface area contributed by atoms with E-state index in [-0.39, 0.29) is 0 Å². The van der Waals surface area contributed by atoms with Crippen LogP contribution in [0.15, 0.2) is 67.1 Å². The van der Waals surface area contributed by atoms with Gasteiger partial charge in [0.2, 0.25) is 0 Å². The molecule has 0 spiro atoms. The van der Waals surface area contributed by atoms with Crippen molar-refractivity contribution < 1.29 is 0 Å². The maximum Gasteiger partial charge on any atom is 0.0999 e. The molecule has 0 saturated heterocycles. The van der Waals surface area contributed by atoms with E-state index in [4.69, 9.17) is 0 Å². The van der Waals surface area contributed by atoms with E-state index in [1.165, 1.54) is 5.56 Å². The maximum atomic E-state index is 4.45. The van der Waals surface area contributed by atoms with Crippen LogP contribution in [-0.4, -0.2) is 9.55 Å². The summed E-state index contributed by atoms with van der Waals surface area (Å²) in [6, 6.07) is 18.6. The summed E-state index contributed by atoms with van der Waals surface area (Å²) in [5, 5.41) is 0. The lowest BCUT2D eigenvalue weighted by Gasteiger charge is -2.01. The van der Waals surface area contributed by atoms with Crippen LogP contribution in [0.4, 0.5) is 0 Å². The van der Waals surface area contributed by atoms with Gasteiger partial charge in [0.1, 0.15) is 0 Å². The molecule has 88 valence electrons. The Kier molecular flexibility index (Phi) is 2.69. The van der Waals surface area contributed by atoms with Gasteiger partial charge >= 0.3 is 0 Å². The number of benzene rings is 2. The zero-order valence-corrected chi connectivity index (χ0v) is 10.2. The quantitative estimate of drug-likeness (QED) is 0.658. The second-order valence-corrected chi connectivity index (χ2v) is 4.37. The Labute approximate surface area is 107 Å². The fourth-order valence-corrected chi connectivity index (χ4v) is 1.94. The number of hydrogen-bond acceptors (Lipinski definition) is 1. The first-order valence-electron chi connectivity index (χ1n) is 5.99. The van der Waals surface area contributed by atoms with Crippen molar-refractivity contribution >= 4 is 0 Å². The number of rotatable bonds is 2. The highest BCUT2D eigenvalue weighted by atomic mass is 15.0. The molecule has 3 rings (SSSR count). The number of aryl methyl sites for hydroxylation is 1. The van der Waals surface area contributed by atoms with Gasteiger partial charge in [-0.05, 0) is 19.1 Å². The van der Waals surface area contributed by atoms with Crippen molar-refractivity contribution in [3.05, 3.63) is 72.7 Å². The van der Waals surface area contributed by atoms with Crippen LogP contribution in [0, 0.1) is 6.92 Å². The summed E-state index contributed by atoms with van der Waals surface area (Å²) in [7, 11) is 0. The lowest BCUT2D eigenvalue weighted by atomic mass is 10.2. The number of aromatic nitrogens is 2. The van der Waals surface area contributed by atoms with Gasteiger partial charge in [-0.3, -0.25) is 0 Å². The molecular weight excluding hydrogens is 220 g/mol. The monoisotopic (exact) mass is 234 g/mol. The zero-order valence-electron chi connectivity index (χ0n) is 10.2. The van der Waals surface area contributed by atoms with E-state index in [2.05, 4.69) is 54.5 Å². The van der Waals surface area contributed by atoms with Gasteiger partial charge in [-0.15, -0.1) is 0 Å². The van der Waals surface area contributed by atoms with Crippen molar-refractivity contribution in [2.45, 2.75) is 6.92 Å². The van der Waals surface area contributed by atoms with Crippen molar-refractivity contribution in [1.82, 2.24) is 9.55 Å². The van der Waals surface area contributed by atoms with Crippen LogP contribution in [0.1, 0.15) is 5.56 Å². The molecule has 0 saturated carbocycles. The van der Waals surface area contributed by atoms with Gasteiger partial charge in [0.25, 0.3) is 0 Å². The number of hydrogen-bond donors (Lipinski definition) is 0. The Balaban J connectivity index is 1.97. The Hall–Kier alpha value is -2.35. The third kappa shape index (κ3) is 2.05. The lowest BCUT2D eigenvalue weighted by Crippen LogP contribution is -1.88. The molecule has 0 bridgehead atoms.